The number of benzene rings is 2. The number of nitrogens with zero attached hydrogens (tertiary/aromatic N) is 1. The summed E-state index contributed by atoms with van der Waals surface area (Å²) in [4.78, 5) is 14.5. The number of ether oxygens (including phenoxy) is 2. The van der Waals surface area contributed by atoms with Crippen LogP contribution in [0.25, 0.3) is 0 Å². The van der Waals surface area contributed by atoms with Gasteiger partial charge in [0, 0.05) is 18.3 Å². The number of carbonyl (C=O) groups excluding carboxylic acids is 1. The monoisotopic (exact) mass is 311 g/mol. The summed E-state index contributed by atoms with van der Waals surface area (Å²) in [5.74, 6) is 0.776. The van der Waals surface area contributed by atoms with Crippen molar-refractivity contribution >= 4 is 11.6 Å². The third kappa shape index (κ3) is 3.54. The van der Waals surface area contributed by atoms with Crippen LogP contribution in [-0.2, 0) is 4.74 Å². The number of rotatable bonds is 5. The number of anilines is 1. The topological polar surface area (TPSA) is 42.1 Å². The summed E-state index contributed by atoms with van der Waals surface area (Å²) in [6.45, 7) is 5.23. The smallest absolute Gasteiger partial charge is 0.258 e. The van der Waals surface area contributed by atoms with E-state index in [1.807, 2.05) is 56.3 Å². The Balaban J connectivity index is 1.82. The molecule has 3 rings (SSSR count). The highest BCUT2D eigenvalue weighted by atomic mass is 16.6. The first kappa shape index (κ1) is 15.6. The van der Waals surface area contributed by atoms with E-state index in [0.29, 0.717) is 6.61 Å². The molecule has 2 aromatic carbocycles. The zero-order chi connectivity index (χ0) is 16.4. The summed E-state index contributed by atoms with van der Waals surface area (Å²) < 4.78 is 10.9. The minimum atomic E-state index is -0.0109. The fraction of sp³-hybridized carbons (Fsp3) is 0.316. The highest BCUT2D eigenvalue weighted by Gasteiger charge is 2.24. The molecule has 1 aliphatic rings. The molecule has 120 valence electrons. The summed E-state index contributed by atoms with van der Waals surface area (Å²) in [6.07, 6.45) is 0.223. The Bertz CT molecular complexity index is 685. The fourth-order valence-electron chi connectivity index (χ4n) is 2.63. The minimum Gasteiger partial charge on any atom is -0.491 e. The highest BCUT2D eigenvalue weighted by Crippen LogP contribution is 2.25. The molecule has 1 heterocycles. The lowest BCUT2D eigenvalue weighted by Gasteiger charge is -2.20. The van der Waals surface area contributed by atoms with Crippen molar-refractivity contribution in [3.05, 3.63) is 59.2 Å². The SMILES string of the molecule is Cc1cc(OCC2CO2)cc(C)c1C(=O)N(C)c1ccccc1. The molecule has 0 spiro atoms. The molecule has 4 heteroatoms. The predicted octanol–water partition coefficient (Wildman–Crippen LogP) is 3.36. The molecule has 0 bridgehead atoms. The van der Waals surface area contributed by atoms with E-state index in [-0.39, 0.29) is 12.0 Å². The molecule has 0 radical (unpaired) electrons. The van der Waals surface area contributed by atoms with E-state index in [4.69, 9.17) is 9.47 Å². The van der Waals surface area contributed by atoms with Gasteiger partial charge in [-0.25, -0.2) is 0 Å². The summed E-state index contributed by atoms with van der Waals surface area (Å²) in [7, 11) is 1.80. The van der Waals surface area contributed by atoms with Gasteiger partial charge in [0.2, 0.25) is 0 Å². The van der Waals surface area contributed by atoms with Crippen molar-refractivity contribution in [2.75, 3.05) is 25.2 Å². The number of amides is 1. The Morgan fingerprint density at radius 3 is 2.39 bits per heavy atom. The van der Waals surface area contributed by atoms with E-state index in [1.165, 1.54) is 0 Å². The van der Waals surface area contributed by atoms with Crippen LogP contribution in [0.5, 0.6) is 5.75 Å². The molecular weight excluding hydrogens is 290 g/mol. The lowest BCUT2D eigenvalue weighted by Crippen LogP contribution is -2.27. The zero-order valence-corrected chi connectivity index (χ0v) is 13.7. The van der Waals surface area contributed by atoms with Gasteiger partial charge in [-0.15, -0.1) is 0 Å². The molecule has 4 nitrogen and oxygen atoms in total. The first-order valence-electron chi connectivity index (χ1n) is 7.75. The Kier molecular flexibility index (Phi) is 4.35. The zero-order valence-electron chi connectivity index (χ0n) is 13.7. The molecule has 0 saturated carbocycles. The molecule has 0 aromatic heterocycles. The van der Waals surface area contributed by atoms with Gasteiger partial charge in [0.1, 0.15) is 18.5 Å². The largest absolute Gasteiger partial charge is 0.491 e. The average Bonchev–Trinajstić information content (AvgIpc) is 3.36. The number of carbonyl (C=O) groups is 1. The van der Waals surface area contributed by atoms with Gasteiger partial charge in [-0.3, -0.25) is 4.79 Å². The van der Waals surface area contributed by atoms with E-state index in [0.717, 1.165) is 34.7 Å². The number of para-hydroxylation sites is 1. The third-order valence-electron chi connectivity index (χ3n) is 4.01. The predicted molar refractivity (Wildman–Crippen MR) is 90.3 cm³/mol. The van der Waals surface area contributed by atoms with Gasteiger partial charge < -0.3 is 14.4 Å². The second-order valence-electron chi connectivity index (χ2n) is 5.90. The van der Waals surface area contributed by atoms with Crippen LogP contribution in [0.2, 0.25) is 0 Å². The molecule has 1 atom stereocenters. The highest BCUT2D eigenvalue weighted by molar-refractivity contribution is 6.07. The Hall–Kier alpha value is -2.33. The van der Waals surface area contributed by atoms with Gasteiger partial charge in [0.05, 0.1) is 6.61 Å². The molecule has 1 unspecified atom stereocenters. The maximum absolute atomic E-state index is 12.8. The molecule has 1 aliphatic heterocycles. The van der Waals surface area contributed by atoms with Crippen LogP contribution in [0.1, 0.15) is 21.5 Å². The number of hydrogen-bond acceptors (Lipinski definition) is 3. The van der Waals surface area contributed by atoms with Crippen LogP contribution in [0.4, 0.5) is 5.69 Å². The van der Waals surface area contributed by atoms with Gasteiger partial charge in [0.15, 0.2) is 0 Å². The fourth-order valence-corrected chi connectivity index (χ4v) is 2.63. The van der Waals surface area contributed by atoms with Crippen molar-refractivity contribution < 1.29 is 14.3 Å². The van der Waals surface area contributed by atoms with Crippen LogP contribution < -0.4 is 9.64 Å². The van der Waals surface area contributed by atoms with Gasteiger partial charge in [-0.05, 0) is 49.2 Å². The Morgan fingerprint density at radius 1 is 1.22 bits per heavy atom. The quantitative estimate of drug-likeness (QED) is 0.795. The van der Waals surface area contributed by atoms with E-state index in [1.54, 1.807) is 11.9 Å². The van der Waals surface area contributed by atoms with Crippen molar-refractivity contribution in [1.82, 2.24) is 0 Å². The summed E-state index contributed by atoms with van der Waals surface area (Å²) >= 11 is 0. The summed E-state index contributed by atoms with van der Waals surface area (Å²) in [5, 5.41) is 0. The molecular formula is C19H21NO3. The van der Waals surface area contributed by atoms with Crippen LogP contribution in [0, 0.1) is 13.8 Å². The molecule has 23 heavy (non-hydrogen) atoms. The van der Waals surface area contributed by atoms with Gasteiger partial charge in [0.25, 0.3) is 5.91 Å². The lowest BCUT2D eigenvalue weighted by molar-refractivity contribution is 0.0992. The van der Waals surface area contributed by atoms with Crippen LogP contribution in [0.15, 0.2) is 42.5 Å². The first-order valence-corrected chi connectivity index (χ1v) is 7.75. The number of hydrogen-bond donors (Lipinski definition) is 0. The Morgan fingerprint density at radius 2 is 1.83 bits per heavy atom. The second-order valence-corrected chi connectivity index (χ2v) is 5.90. The summed E-state index contributed by atoms with van der Waals surface area (Å²) in [6, 6.07) is 13.5. The number of aryl methyl sites for hydroxylation is 2. The number of epoxide rings is 1. The second kappa shape index (κ2) is 6.42. The third-order valence-corrected chi connectivity index (χ3v) is 4.01. The standard InChI is InChI=1S/C19H21NO3/c1-13-9-16(22-11-17-12-23-17)10-14(2)18(13)19(21)20(3)15-7-5-4-6-8-15/h4-10,17H,11-12H2,1-3H3. The lowest BCUT2D eigenvalue weighted by atomic mass is 10.0. The van der Waals surface area contributed by atoms with Gasteiger partial charge in [-0.2, -0.15) is 0 Å². The van der Waals surface area contributed by atoms with Crippen molar-refractivity contribution in [1.29, 1.82) is 0 Å². The average molecular weight is 311 g/mol. The molecule has 2 aromatic rings. The Labute approximate surface area is 136 Å². The van der Waals surface area contributed by atoms with Crippen molar-refractivity contribution in [2.45, 2.75) is 20.0 Å². The minimum absolute atomic E-state index is 0.0109. The van der Waals surface area contributed by atoms with Crippen LogP contribution >= 0.6 is 0 Å². The van der Waals surface area contributed by atoms with Gasteiger partial charge in [-0.1, -0.05) is 18.2 Å². The van der Waals surface area contributed by atoms with Crippen molar-refractivity contribution in [3.8, 4) is 5.75 Å². The van der Waals surface area contributed by atoms with E-state index in [9.17, 15) is 4.79 Å². The van der Waals surface area contributed by atoms with Crippen LogP contribution in [0.3, 0.4) is 0 Å². The van der Waals surface area contributed by atoms with E-state index < -0.39 is 0 Å². The molecule has 1 saturated heterocycles. The first-order chi connectivity index (χ1) is 11.1. The molecule has 1 amide bonds. The summed E-state index contributed by atoms with van der Waals surface area (Å²) in [5.41, 5.74) is 3.45. The van der Waals surface area contributed by atoms with Crippen molar-refractivity contribution in [2.24, 2.45) is 0 Å². The van der Waals surface area contributed by atoms with E-state index >= 15 is 0 Å². The van der Waals surface area contributed by atoms with Crippen LogP contribution in [-0.4, -0.2) is 32.3 Å². The van der Waals surface area contributed by atoms with Gasteiger partial charge >= 0.3 is 0 Å². The van der Waals surface area contributed by atoms with E-state index in [2.05, 4.69) is 0 Å². The maximum Gasteiger partial charge on any atom is 0.258 e. The normalized spacial score (nSPS) is 16.0. The molecule has 0 N–H and O–H groups in total. The molecule has 0 aliphatic carbocycles. The molecule has 1 fully saturated rings. The van der Waals surface area contributed by atoms with Crippen molar-refractivity contribution in [3.63, 3.8) is 0 Å². The maximum atomic E-state index is 12.8.